The molecule has 0 unspecified atom stereocenters. The van der Waals surface area contributed by atoms with E-state index in [-0.39, 0.29) is 11.7 Å². The third-order valence-electron chi connectivity index (χ3n) is 4.29. The number of aromatic nitrogens is 2. The summed E-state index contributed by atoms with van der Waals surface area (Å²) in [6.07, 6.45) is 3.52. The number of benzene rings is 1. The third-order valence-corrected chi connectivity index (χ3v) is 4.29. The van der Waals surface area contributed by atoms with E-state index >= 15 is 0 Å². The average molecular weight is 376 g/mol. The van der Waals surface area contributed by atoms with Crippen LogP contribution in [0.25, 0.3) is 28.4 Å². The van der Waals surface area contributed by atoms with Crippen LogP contribution in [-0.2, 0) is 0 Å². The van der Waals surface area contributed by atoms with Gasteiger partial charge in [-0.2, -0.15) is 0 Å². The van der Waals surface area contributed by atoms with E-state index < -0.39 is 0 Å². The van der Waals surface area contributed by atoms with E-state index in [1.807, 2.05) is 24.3 Å². The second kappa shape index (κ2) is 6.80. The molecule has 0 saturated carbocycles. The van der Waals surface area contributed by atoms with Crippen LogP contribution in [0.2, 0.25) is 0 Å². The zero-order chi connectivity index (χ0) is 19.7. The standard InChI is InChI=1S/C19H16N6O3/c20-18(23-26)12-3-1-11(2-4-12)15-6-7-16(28-15)14-10-25-9-13(19(21)24-27)5-8-17(25)22-14/h1-10,26-27H,(H2,20,23)(H2,21,24). The summed E-state index contributed by atoms with van der Waals surface area (Å²) in [7, 11) is 0. The molecule has 0 aliphatic rings. The van der Waals surface area contributed by atoms with E-state index in [0.29, 0.717) is 34.0 Å². The number of oxime groups is 2. The Morgan fingerprint density at radius 1 is 0.821 bits per heavy atom. The van der Waals surface area contributed by atoms with Crippen molar-refractivity contribution in [2.75, 3.05) is 0 Å². The van der Waals surface area contributed by atoms with Crippen molar-refractivity contribution in [1.29, 1.82) is 0 Å². The Labute approximate surface area is 158 Å². The van der Waals surface area contributed by atoms with Crippen molar-refractivity contribution < 1.29 is 14.8 Å². The zero-order valence-corrected chi connectivity index (χ0v) is 14.5. The Morgan fingerprint density at radius 3 is 2.18 bits per heavy atom. The lowest BCUT2D eigenvalue weighted by Gasteiger charge is -2.00. The fraction of sp³-hybridized carbons (Fsp3) is 0. The maximum absolute atomic E-state index is 8.81. The predicted molar refractivity (Wildman–Crippen MR) is 103 cm³/mol. The minimum atomic E-state index is 0.0211. The molecule has 1 aromatic carbocycles. The summed E-state index contributed by atoms with van der Waals surface area (Å²) in [5, 5.41) is 23.5. The first-order chi connectivity index (χ1) is 13.6. The highest BCUT2D eigenvalue weighted by Crippen LogP contribution is 2.28. The number of amidine groups is 2. The minimum Gasteiger partial charge on any atom is -0.454 e. The van der Waals surface area contributed by atoms with Gasteiger partial charge >= 0.3 is 0 Å². The summed E-state index contributed by atoms with van der Waals surface area (Å²) in [6, 6.07) is 14.3. The summed E-state index contributed by atoms with van der Waals surface area (Å²) in [5.41, 5.74) is 14.6. The first-order valence-electron chi connectivity index (χ1n) is 8.24. The Balaban J connectivity index is 1.65. The minimum absolute atomic E-state index is 0.0211. The topological polar surface area (TPSA) is 148 Å². The van der Waals surface area contributed by atoms with Gasteiger partial charge in [0.05, 0.1) is 0 Å². The molecule has 0 bridgehead atoms. The molecular formula is C19H16N6O3. The molecule has 28 heavy (non-hydrogen) atoms. The first kappa shape index (κ1) is 17.2. The number of rotatable bonds is 4. The molecule has 4 rings (SSSR count). The van der Waals surface area contributed by atoms with Crippen LogP contribution in [0.5, 0.6) is 0 Å². The predicted octanol–water partition coefficient (Wildman–Crippen LogP) is 2.45. The van der Waals surface area contributed by atoms with Gasteiger partial charge in [0.2, 0.25) is 0 Å². The maximum atomic E-state index is 8.81. The Morgan fingerprint density at radius 2 is 1.46 bits per heavy atom. The quantitative estimate of drug-likeness (QED) is 0.186. The number of nitrogens with zero attached hydrogens (tertiary/aromatic N) is 4. The van der Waals surface area contributed by atoms with Gasteiger partial charge in [0.25, 0.3) is 0 Å². The lowest BCUT2D eigenvalue weighted by atomic mass is 10.1. The molecule has 0 spiro atoms. The van der Waals surface area contributed by atoms with Crippen molar-refractivity contribution in [3.05, 3.63) is 72.1 Å². The average Bonchev–Trinajstić information content (AvgIpc) is 3.39. The molecule has 4 aromatic rings. The molecule has 9 heteroatoms. The Hall–Kier alpha value is -4.27. The van der Waals surface area contributed by atoms with Gasteiger partial charge in [-0.1, -0.05) is 34.6 Å². The molecule has 0 aliphatic heterocycles. The molecule has 0 saturated heterocycles. The van der Waals surface area contributed by atoms with Crippen LogP contribution in [0.15, 0.2) is 75.7 Å². The van der Waals surface area contributed by atoms with Crippen molar-refractivity contribution in [3.8, 4) is 22.8 Å². The van der Waals surface area contributed by atoms with Crippen LogP contribution in [-0.4, -0.2) is 31.5 Å². The van der Waals surface area contributed by atoms with Crippen LogP contribution >= 0.6 is 0 Å². The van der Waals surface area contributed by atoms with Crippen LogP contribution in [0, 0.1) is 0 Å². The van der Waals surface area contributed by atoms with Crippen molar-refractivity contribution in [2.45, 2.75) is 0 Å². The summed E-state index contributed by atoms with van der Waals surface area (Å²) in [6.45, 7) is 0. The smallest absolute Gasteiger partial charge is 0.171 e. The SMILES string of the molecule is N/C(=N\O)c1ccc(-c2ccc(-c3cn4cc(/C(N)=N/O)ccc4n3)o2)cc1. The third kappa shape index (κ3) is 3.01. The van der Waals surface area contributed by atoms with Gasteiger partial charge < -0.3 is 30.7 Å². The summed E-state index contributed by atoms with van der Waals surface area (Å²) in [5.74, 6) is 1.33. The maximum Gasteiger partial charge on any atom is 0.171 e. The van der Waals surface area contributed by atoms with Crippen LogP contribution in [0.4, 0.5) is 0 Å². The van der Waals surface area contributed by atoms with Gasteiger partial charge in [0.15, 0.2) is 17.4 Å². The van der Waals surface area contributed by atoms with Gasteiger partial charge in [0, 0.05) is 29.1 Å². The molecule has 0 radical (unpaired) electrons. The molecular weight excluding hydrogens is 360 g/mol. The second-order valence-electron chi connectivity index (χ2n) is 6.02. The van der Waals surface area contributed by atoms with Gasteiger partial charge in [0.1, 0.15) is 17.1 Å². The van der Waals surface area contributed by atoms with Crippen LogP contribution in [0.1, 0.15) is 11.1 Å². The number of hydrogen-bond acceptors (Lipinski definition) is 6. The molecule has 0 aliphatic carbocycles. The molecule has 3 aromatic heterocycles. The molecule has 0 amide bonds. The van der Waals surface area contributed by atoms with E-state index in [9.17, 15) is 0 Å². The van der Waals surface area contributed by atoms with Crippen molar-refractivity contribution in [3.63, 3.8) is 0 Å². The van der Waals surface area contributed by atoms with E-state index in [4.69, 9.17) is 26.3 Å². The lowest BCUT2D eigenvalue weighted by molar-refractivity contribution is 0.318. The van der Waals surface area contributed by atoms with E-state index in [2.05, 4.69) is 15.3 Å². The summed E-state index contributed by atoms with van der Waals surface area (Å²) < 4.78 is 7.71. The van der Waals surface area contributed by atoms with Gasteiger partial charge in [-0.25, -0.2) is 4.98 Å². The van der Waals surface area contributed by atoms with Gasteiger partial charge in [-0.3, -0.25) is 0 Å². The van der Waals surface area contributed by atoms with Crippen molar-refractivity contribution >= 4 is 17.3 Å². The second-order valence-corrected chi connectivity index (χ2v) is 6.02. The number of fused-ring (bicyclic) bond motifs is 1. The van der Waals surface area contributed by atoms with E-state index in [0.717, 1.165) is 5.56 Å². The highest BCUT2D eigenvalue weighted by molar-refractivity contribution is 5.97. The Kier molecular flexibility index (Phi) is 4.17. The molecule has 3 heterocycles. The zero-order valence-electron chi connectivity index (χ0n) is 14.5. The van der Waals surface area contributed by atoms with Gasteiger partial charge in [-0.05, 0) is 24.3 Å². The number of pyridine rings is 1. The van der Waals surface area contributed by atoms with E-state index in [1.54, 1.807) is 41.1 Å². The Bertz CT molecular complexity index is 1200. The number of nitrogens with two attached hydrogens (primary N) is 2. The highest BCUT2D eigenvalue weighted by atomic mass is 16.4. The first-order valence-corrected chi connectivity index (χ1v) is 8.24. The van der Waals surface area contributed by atoms with E-state index in [1.165, 1.54) is 0 Å². The molecule has 140 valence electrons. The van der Waals surface area contributed by atoms with Crippen LogP contribution < -0.4 is 11.5 Å². The molecule has 9 nitrogen and oxygen atoms in total. The number of imidazole rings is 1. The van der Waals surface area contributed by atoms with Crippen molar-refractivity contribution in [2.24, 2.45) is 21.8 Å². The van der Waals surface area contributed by atoms with Crippen LogP contribution in [0.3, 0.4) is 0 Å². The molecule has 0 atom stereocenters. The molecule has 6 N–H and O–H groups in total. The molecule has 0 fully saturated rings. The largest absolute Gasteiger partial charge is 0.454 e. The lowest BCUT2D eigenvalue weighted by Crippen LogP contribution is -2.13. The summed E-state index contributed by atoms with van der Waals surface area (Å²) in [4.78, 5) is 4.53. The fourth-order valence-electron chi connectivity index (χ4n) is 2.81. The normalized spacial score (nSPS) is 12.6. The van der Waals surface area contributed by atoms with Crippen molar-refractivity contribution in [1.82, 2.24) is 9.38 Å². The fourth-order valence-corrected chi connectivity index (χ4v) is 2.81. The number of furan rings is 1. The monoisotopic (exact) mass is 376 g/mol. The summed E-state index contributed by atoms with van der Waals surface area (Å²) >= 11 is 0. The van der Waals surface area contributed by atoms with Gasteiger partial charge in [-0.15, -0.1) is 0 Å². The number of hydrogen-bond donors (Lipinski definition) is 4. The highest BCUT2D eigenvalue weighted by Gasteiger charge is 2.12.